The lowest BCUT2D eigenvalue weighted by molar-refractivity contribution is -0.0500. The summed E-state index contributed by atoms with van der Waals surface area (Å²) in [5.41, 5.74) is -5.76. The second kappa shape index (κ2) is 17.0. The first-order valence-corrected chi connectivity index (χ1v) is 11.1. The Hall–Kier alpha value is -3.76. The van der Waals surface area contributed by atoms with E-state index in [1.165, 1.54) is 39.5 Å². The number of aromatic hydroxyl groups is 1. The highest BCUT2D eigenvalue weighted by Gasteiger charge is 2.48. The number of carbonyl (C=O) groups is 2. The molecule has 1 N–H and O–H groups in total. The van der Waals surface area contributed by atoms with Crippen molar-refractivity contribution >= 4 is 22.1 Å². The lowest BCUT2D eigenvalue weighted by Crippen LogP contribution is -2.28. The van der Waals surface area contributed by atoms with Crippen LogP contribution >= 0.6 is 0 Å². The highest BCUT2D eigenvalue weighted by atomic mass is 32.2. The predicted molar refractivity (Wildman–Crippen MR) is 131 cm³/mol. The zero-order valence-corrected chi connectivity index (χ0v) is 20.7. The Morgan fingerprint density at radius 3 is 1.64 bits per heavy atom. The number of benzene rings is 2. The molecule has 16 heteroatoms. The van der Waals surface area contributed by atoms with Gasteiger partial charge in [0.1, 0.15) is 34.1 Å². The van der Waals surface area contributed by atoms with E-state index in [-0.39, 0.29) is 51.1 Å². The van der Waals surface area contributed by atoms with Crippen LogP contribution in [0.3, 0.4) is 0 Å². The molecule has 39 heavy (non-hydrogen) atoms. The van der Waals surface area contributed by atoms with Crippen molar-refractivity contribution in [2.75, 3.05) is 42.0 Å². The molecule has 0 atom stereocenters. The number of rotatable bonds is 10. The predicted octanol–water partition coefficient (Wildman–Crippen LogP) is 4.12. The van der Waals surface area contributed by atoms with E-state index in [0.29, 0.717) is 5.75 Å². The molecule has 0 saturated carbocycles. The molecule has 0 spiro atoms. The van der Waals surface area contributed by atoms with Crippen LogP contribution in [0.2, 0.25) is 0 Å². The van der Waals surface area contributed by atoms with Crippen LogP contribution in [-0.2, 0) is 29.1 Å². The monoisotopic (exact) mass is 588 g/mol. The maximum atomic E-state index is 12.2. The number of methoxy groups -OCH3 is 4. The third kappa shape index (κ3) is 11.3. The molecule has 12 nitrogen and oxygen atoms in total. The van der Waals surface area contributed by atoms with Crippen LogP contribution in [0.4, 0.5) is 13.2 Å². The third-order valence-electron chi connectivity index (χ3n) is 3.88. The molecule has 0 unspecified atom stereocenters. The highest BCUT2D eigenvalue weighted by molar-refractivity contribution is 7.88. The molecule has 0 aliphatic rings. The fourth-order valence-corrected chi connectivity index (χ4v) is 2.74. The number of phenolic OH excluding ortho intramolecular Hbond substituents is 1. The van der Waals surface area contributed by atoms with Gasteiger partial charge >= 0.3 is 27.6 Å². The second-order valence-corrected chi connectivity index (χ2v) is 7.94. The normalized spacial score (nSPS) is 10.4. The first kappa shape index (κ1) is 37.4. The molecule has 0 aliphatic carbocycles. The maximum absolute atomic E-state index is 12.2. The van der Waals surface area contributed by atoms with Crippen molar-refractivity contribution in [1.29, 1.82) is 0 Å². The molecule has 0 aliphatic heterocycles. The zero-order chi connectivity index (χ0) is 28.2. The molecule has 2 rings (SSSR count). The Morgan fingerprint density at radius 1 is 0.795 bits per heavy atom. The zero-order valence-electron chi connectivity index (χ0n) is 19.9. The Labute approximate surface area is 224 Å². The topological polar surface area (TPSA) is 153 Å². The fourth-order valence-electron chi connectivity index (χ4n) is 2.29. The van der Waals surface area contributed by atoms with E-state index >= 15 is 0 Å². The van der Waals surface area contributed by atoms with E-state index < -0.39 is 33.3 Å². The SMILES string of the molecule is C.C.COCOc1ccc(O)cc1C(=O)OC.COCOc1ccc(OS(=O)(=O)C(F)(F)F)cc1C(=O)OC. The number of esters is 2. The van der Waals surface area contributed by atoms with E-state index in [0.717, 1.165) is 25.3 Å². The van der Waals surface area contributed by atoms with Crippen molar-refractivity contribution < 1.29 is 68.9 Å². The largest absolute Gasteiger partial charge is 0.534 e. The number of hydrogen-bond acceptors (Lipinski definition) is 12. The van der Waals surface area contributed by atoms with Crippen molar-refractivity contribution in [2.24, 2.45) is 0 Å². The van der Waals surface area contributed by atoms with Crippen LogP contribution < -0.4 is 13.7 Å². The number of alkyl halides is 3. The Kier molecular flexibility index (Phi) is 16.3. The molecule has 0 amide bonds. The van der Waals surface area contributed by atoms with Gasteiger partial charge in [-0.15, -0.1) is 0 Å². The van der Waals surface area contributed by atoms with Crippen molar-refractivity contribution in [1.82, 2.24) is 0 Å². The lowest BCUT2D eigenvalue weighted by Gasteiger charge is -2.13. The van der Waals surface area contributed by atoms with Crippen molar-refractivity contribution in [3.05, 3.63) is 47.5 Å². The van der Waals surface area contributed by atoms with Gasteiger partial charge in [0.25, 0.3) is 0 Å². The second-order valence-electron chi connectivity index (χ2n) is 6.41. The number of carbonyl (C=O) groups excluding carboxylic acids is 2. The molecule has 0 fully saturated rings. The van der Waals surface area contributed by atoms with Crippen molar-refractivity contribution in [3.63, 3.8) is 0 Å². The van der Waals surface area contributed by atoms with E-state index in [9.17, 15) is 36.3 Å². The molecular formula is C23H31F3O12S. The summed E-state index contributed by atoms with van der Waals surface area (Å²) in [6.45, 7) is -0.222. The molecular weight excluding hydrogens is 557 g/mol. The molecule has 2 aromatic rings. The van der Waals surface area contributed by atoms with Crippen LogP contribution in [0.15, 0.2) is 36.4 Å². The van der Waals surface area contributed by atoms with Gasteiger partial charge < -0.3 is 37.7 Å². The molecule has 222 valence electrons. The van der Waals surface area contributed by atoms with E-state index in [1.807, 2.05) is 0 Å². The molecule has 2 aromatic carbocycles. The van der Waals surface area contributed by atoms with Crippen LogP contribution in [0, 0.1) is 0 Å². The smallest absolute Gasteiger partial charge is 0.508 e. The van der Waals surface area contributed by atoms with E-state index in [4.69, 9.17) is 14.2 Å². The first-order chi connectivity index (χ1) is 17.3. The molecule has 0 heterocycles. The summed E-state index contributed by atoms with van der Waals surface area (Å²) in [5.74, 6) is -2.05. The van der Waals surface area contributed by atoms with Gasteiger partial charge in [-0.2, -0.15) is 21.6 Å². The molecule has 0 saturated heterocycles. The molecule has 0 bridgehead atoms. The van der Waals surface area contributed by atoms with Crippen molar-refractivity contribution in [2.45, 2.75) is 20.4 Å². The number of phenols is 1. The third-order valence-corrected chi connectivity index (χ3v) is 4.86. The molecule has 0 aromatic heterocycles. The summed E-state index contributed by atoms with van der Waals surface area (Å²) in [4.78, 5) is 22.8. The number of hydrogen-bond donors (Lipinski definition) is 1. The van der Waals surface area contributed by atoms with Gasteiger partial charge in [-0.1, -0.05) is 14.9 Å². The van der Waals surface area contributed by atoms with Crippen LogP contribution in [0.5, 0.6) is 23.0 Å². The highest BCUT2D eigenvalue weighted by Crippen LogP contribution is 2.30. The summed E-state index contributed by atoms with van der Waals surface area (Å²) in [7, 11) is -0.780. The minimum absolute atomic E-state index is 0. The first-order valence-electron chi connectivity index (χ1n) is 9.69. The van der Waals surface area contributed by atoms with Crippen LogP contribution in [0.1, 0.15) is 35.6 Å². The van der Waals surface area contributed by atoms with Crippen molar-refractivity contribution in [3.8, 4) is 23.0 Å². The Balaban J connectivity index is 0. The van der Waals surface area contributed by atoms with Gasteiger partial charge in [-0.3, -0.25) is 0 Å². The fraction of sp³-hybridized carbons (Fsp3) is 0.391. The Bertz CT molecular complexity index is 1170. The van der Waals surface area contributed by atoms with Gasteiger partial charge in [0.05, 0.1) is 14.2 Å². The summed E-state index contributed by atoms with van der Waals surface area (Å²) >= 11 is 0. The minimum Gasteiger partial charge on any atom is -0.508 e. The summed E-state index contributed by atoms with van der Waals surface area (Å²) in [6.07, 6.45) is 0. The van der Waals surface area contributed by atoms with E-state index in [1.54, 1.807) is 0 Å². The van der Waals surface area contributed by atoms with Gasteiger partial charge in [0.2, 0.25) is 0 Å². The lowest BCUT2D eigenvalue weighted by atomic mass is 10.2. The van der Waals surface area contributed by atoms with Gasteiger partial charge in [-0.25, -0.2) is 9.59 Å². The summed E-state index contributed by atoms with van der Waals surface area (Å²) < 4.78 is 90.9. The minimum atomic E-state index is -5.85. The Morgan fingerprint density at radius 2 is 1.23 bits per heavy atom. The van der Waals surface area contributed by atoms with Gasteiger partial charge in [0, 0.05) is 20.3 Å². The van der Waals surface area contributed by atoms with E-state index in [2.05, 4.69) is 18.4 Å². The van der Waals surface area contributed by atoms with Gasteiger partial charge in [0.15, 0.2) is 13.6 Å². The number of ether oxygens (including phenoxy) is 6. The quantitative estimate of drug-likeness (QED) is 0.184. The molecule has 0 radical (unpaired) electrons. The van der Waals surface area contributed by atoms with Gasteiger partial charge in [-0.05, 0) is 30.3 Å². The summed E-state index contributed by atoms with van der Waals surface area (Å²) in [5, 5.41) is 9.21. The average molecular weight is 589 g/mol. The van der Waals surface area contributed by atoms with Crippen LogP contribution in [-0.4, -0.2) is 73.0 Å². The maximum Gasteiger partial charge on any atom is 0.534 e. The number of halogens is 3. The standard InChI is InChI=1S/C11H11F3O7S.C10H12O5.2CH4/c1-18-6-20-9-4-3-7(5-8(9)10(15)19-2)21-22(16,17)11(12,13)14;1-13-6-15-9-4-3-7(11)5-8(9)10(12)14-2;;/h3-5H,6H2,1-2H3;3-5,11H,6H2,1-2H3;2*1H4. The van der Waals surface area contributed by atoms with Crippen LogP contribution in [0.25, 0.3) is 0 Å². The average Bonchev–Trinajstić information content (AvgIpc) is 2.85. The summed E-state index contributed by atoms with van der Waals surface area (Å²) in [6, 6.07) is 6.85.